The van der Waals surface area contributed by atoms with Crippen LogP contribution in [0.15, 0.2) is 91.4 Å². The van der Waals surface area contributed by atoms with Crippen molar-refractivity contribution >= 4 is 33.4 Å². The molecule has 0 unspecified atom stereocenters. The lowest BCUT2D eigenvalue weighted by Gasteiger charge is -2.06. The first-order valence-electron chi connectivity index (χ1n) is 9.87. The molecule has 0 bridgehead atoms. The van der Waals surface area contributed by atoms with Gasteiger partial charge in [0.1, 0.15) is 0 Å². The lowest BCUT2D eigenvalue weighted by atomic mass is 10.1. The molecule has 0 saturated heterocycles. The Morgan fingerprint density at radius 1 is 0.933 bits per heavy atom. The third-order valence-corrected chi connectivity index (χ3v) is 5.15. The van der Waals surface area contributed by atoms with Crippen LogP contribution in [-0.4, -0.2) is 20.4 Å². The van der Waals surface area contributed by atoms with Crippen LogP contribution in [-0.2, 0) is 17.8 Å². The molecular formula is C25H20N4O. The number of fused-ring (bicyclic) bond motifs is 2. The fourth-order valence-electron chi connectivity index (χ4n) is 3.78. The predicted octanol–water partition coefficient (Wildman–Crippen LogP) is 4.81. The van der Waals surface area contributed by atoms with Gasteiger partial charge in [0.2, 0.25) is 5.91 Å². The highest BCUT2D eigenvalue weighted by atomic mass is 16.1. The molecule has 5 nitrogen and oxygen atoms in total. The molecule has 5 heteroatoms. The van der Waals surface area contributed by atoms with E-state index in [1.807, 2.05) is 60.7 Å². The molecule has 5 aromatic rings. The van der Waals surface area contributed by atoms with Crippen molar-refractivity contribution in [1.29, 1.82) is 0 Å². The molecule has 0 atom stereocenters. The van der Waals surface area contributed by atoms with Crippen LogP contribution >= 0.6 is 0 Å². The third kappa shape index (κ3) is 3.65. The molecule has 0 aliphatic heterocycles. The Balaban J connectivity index is 1.39. The average molecular weight is 392 g/mol. The van der Waals surface area contributed by atoms with Crippen molar-refractivity contribution in [3.63, 3.8) is 0 Å². The van der Waals surface area contributed by atoms with Crippen molar-refractivity contribution in [2.24, 2.45) is 0 Å². The van der Waals surface area contributed by atoms with Crippen LogP contribution in [0, 0.1) is 0 Å². The van der Waals surface area contributed by atoms with Gasteiger partial charge in [-0.2, -0.15) is 0 Å². The van der Waals surface area contributed by atoms with E-state index in [1.165, 1.54) is 0 Å². The van der Waals surface area contributed by atoms with Gasteiger partial charge in [-0.15, -0.1) is 0 Å². The van der Waals surface area contributed by atoms with Crippen LogP contribution in [0.25, 0.3) is 21.8 Å². The van der Waals surface area contributed by atoms with Gasteiger partial charge in [0.15, 0.2) is 0 Å². The van der Waals surface area contributed by atoms with Crippen molar-refractivity contribution in [2.75, 3.05) is 5.32 Å². The third-order valence-electron chi connectivity index (χ3n) is 5.15. The van der Waals surface area contributed by atoms with Gasteiger partial charge in [0, 0.05) is 28.7 Å². The van der Waals surface area contributed by atoms with E-state index in [2.05, 4.69) is 38.2 Å². The molecule has 2 aromatic carbocycles. The van der Waals surface area contributed by atoms with Crippen LogP contribution < -0.4 is 5.32 Å². The number of carbonyl (C=O) groups excluding carboxylic acids is 1. The summed E-state index contributed by atoms with van der Waals surface area (Å²) < 4.78 is 2.15. The highest BCUT2D eigenvalue weighted by Crippen LogP contribution is 2.23. The second kappa shape index (κ2) is 7.79. The van der Waals surface area contributed by atoms with Gasteiger partial charge in [-0.1, -0.05) is 42.5 Å². The summed E-state index contributed by atoms with van der Waals surface area (Å²) in [5.41, 5.74) is 4.69. The van der Waals surface area contributed by atoms with E-state index in [4.69, 9.17) is 0 Å². The summed E-state index contributed by atoms with van der Waals surface area (Å²) in [5, 5.41) is 5.07. The minimum Gasteiger partial charge on any atom is -0.341 e. The number of para-hydroxylation sites is 2. The number of amides is 1. The standard InChI is InChI=1S/C25H20N4O/c30-25(28-21-13-18-7-1-3-10-23(18)27-15-21)14-19-16-29(17-20-8-5-6-12-26-20)24-11-4-2-9-22(19)24/h1-13,15-16H,14,17H2,(H,28,30). The van der Waals surface area contributed by atoms with Gasteiger partial charge in [-0.3, -0.25) is 14.8 Å². The molecule has 30 heavy (non-hydrogen) atoms. The maximum Gasteiger partial charge on any atom is 0.228 e. The number of nitrogens with zero attached hydrogens (tertiary/aromatic N) is 3. The largest absolute Gasteiger partial charge is 0.341 e. The molecule has 0 spiro atoms. The van der Waals surface area contributed by atoms with Crippen molar-refractivity contribution in [2.45, 2.75) is 13.0 Å². The Bertz CT molecular complexity index is 1340. The molecule has 1 N–H and O–H groups in total. The van der Waals surface area contributed by atoms with Gasteiger partial charge in [0.05, 0.1) is 36.1 Å². The number of hydrogen-bond acceptors (Lipinski definition) is 3. The number of benzene rings is 2. The molecule has 0 aliphatic carbocycles. The minimum atomic E-state index is -0.0622. The molecular weight excluding hydrogens is 372 g/mol. The van der Waals surface area contributed by atoms with Gasteiger partial charge < -0.3 is 9.88 Å². The lowest BCUT2D eigenvalue weighted by Crippen LogP contribution is -2.14. The quantitative estimate of drug-likeness (QED) is 0.467. The summed E-state index contributed by atoms with van der Waals surface area (Å²) in [6.07, 6.45) is 5.84. The fraction of sp³-hybridized carbons (Fsp3) is 0.0800. The zero-order chi connectivity index (χ0) is 20.3. The van der Waals surface area contributed by atoms with E-state index in [9.17, 15) is 4.79 Å². The number of anilines is 1. The number of carbonyl (C=O) groups is 1. The Labute approximate surface area is 174 Å². The molecule has 0 aliphatic rings. The number of aromatic nitrogens is 3. The zero-order valence-electron chi connectivity index (χ0n) is 16.3. The molecule has 5 rings (SSSR count). The summed E-state index contributed by atoms with van der Waals surface area (Å²) in [5.74, 6) is -0.0622. The number of nitrogens with one attached hydrogen (secondary N) is 1. The predicted molar refractivity (Wildman–Crippen MR) is 119 cm³/mol. The normalized spacial score (nSPS) is 11.1. The highest BCUT2D eigenvalue weighted by Gasteiger charge is 2.13. The van der Waals surface area contributed by atoms with Gasteiger partial charge in [0.25, 0.3) is 0 Å². The van der Waals surface area contributed by atoms with E-state index < -0.39 is 0 Å². The number of hydrogen-bond donors (Lipinski definition) is 1. The molecule has 0 saturated carbocycles. The molecule has 3 heterocycles. The second-order valence-electron chi connectivity index (χ2n) is 7.26. The highest BCUT2D eigenvalue weighted by molar-refractivity contribution is 5.97. The number of pyridine rings is 2. The van der Waals surface area contributed by atoms with Gasteiger partial charge in [-0.25, -0.2) is 0 Å². The topological polar surface area (TPSA) is 59.8 Å². The van der Waals surface area contributed by atoms with Crippen LogP contribution in [0.1, 0.15) is 11.3 Å². The molecule has 1 amide bonds. The van der Waals surface area contributed by atoms with Crippen LogP contribution in [0.4, 0.5) is 5.69 Å². The lowest BCUT2D eigenvalue weighted by molar-refractivity contribution is -0.115. The summed E-state index contributed by atoms with van der Waals surface area (Å²) >= 11 is 0. The van der Waals surface area contributed by atoms with E-state index in [0.717, 1.165) is 33.1 Å². The van der Waals surface area contributed by atoms with Crippen LogP contribution in [0.5, 0.6) is 0 Å². The summed E-state index contributed by atoms with van der Waals surface area (Å²) in [6.45, 7) is 0.664. The van der Waals surface area contributed by atoms with Gasteiger partial charge in [-0.05, 0) is 35.9 Å². The van der Waals surface area contributed by atoms with Crippen molar-refractivity contribution < 1.29 is 4.79 Å². The first kappa shape index (κ1) is 18.1. The Morgan fingerprint density at radius 2 is 1.77 bits per heavy atom. The molecule has 0 radical (unpaired) electrons. The van der Waals surface area contributed by atoms with Crippen molar-refractivity contribution in [3.8, 4) is 0 Å². The minimum absolute atomic E-state index is 0.0622. The van der Waals surface area contributed by atoms with E-state index in [0.29, 0.717) is 18.7 Å². The van der Waals surface area contributed by atoms with Gasteiger partial charge >= 0.3 is 0 Å². The first-order valence-corrected chi connectivity index (χ1v) is 9.87. The monoisotopic (exact) mass is 392 g/mol. The van der Waals surface area contributed by atoms with E-state index >= 15 is 0 Å². The number of rotatable bonds is 5. The smallest absolute Gasteiger partial charge is 0.228 e. The molecule has 0 fully saturated rings. The SMILES string of the molecule is O=C(Cc1cn(Cc2ccccn2)c2ccccc12)Nc1cnc2ccccc2c1. The Morgan fingerprint density at radius 3 is 2.67 bits per heavy atom. The summed E-state index contributed by atoms with van der Waals surface area (Å²) in [4.78, 5) is 21.6. The zero-order valence-corrected chi connectivity index (χ0v) is 16.3. The average Bonchev–Trinajstić information content (AvgIpc) is 3.11. The van der Waals surface area contributed by atoms with Crippen LogP contribution in [0.3, 0.4) is 0 Å². The maximum atomic E-state index is 12.8. The van der Waals surface area contributed by atoms with Crippen LogP contribution in [0.2, 0.25) is 0 Å². The second-order valence-corrected chi connectivity index (χ2v) is 7.26. The van der Waals surface area contributed by atoms with E-state index in [-0.39, 0.29) is 5.91 Å². The maximum absolute atomic E-state index is 12.8. The first-order chi connectivity index (χ1) is 14.8. The summed E-state index contributed by atoms with van der Waals surface area (Å²) in [7, 11) is 0. The molecule has 146 valence electrons. The Hall–Kier alpha value is -3.99. The molecule has 3 aromatic heterocycles. The summed E-state index contributed by atoms with van der Waals surface area (Å²) in [6, 6.07) is 23.9. The Kier molecular flexibility index (Phi) is 4.69. The fourth-order valence-corrected chi connectivity index (χ4v) is 3.78. The van der Waals surface area contributed by atoms with E-state index in [1.54, 1.807) is 12.4 Å². The van der Waals surface area contributed by atoms with Crippen molar-refractivity contribution in [3.05, 3.63) is 103 Å². The van der Waals surface area contributed by atoms with Crippen molar-refractivity contribution in [1.82, 2.24) is 14.5 Å².